The number of rotatable bonds is 3. The zero-order chi connectivity index (χ0) is 11.4. The van der Waals surface area contributed by atoms with E-state index in [0.717, 1.165) is 23.1 Å². The fraction of sp³-hybridized carbons (Fsp3) is 0.333. The van der Waals surface area contributed by atoms with Crippen molar-refractivity contribution in [1.82, 2.24) is 0 Å². The van der Waals surface area contributed by atoms with Crippen molar-refractivity contribution in [2.24, 2.45) is 0 Å². The van der Waals surface area contributed by atoms with Crippen molar-refractivity contribution in [2.45, 2.75) is 26.7 Å². The number of hydrogen-bond donors (Lipinski definition) is 1. The van der Waals surface area contributed by atoms with Crippen molar-refractivity contribution >= 4 is 5.97 Å². The summed E-state index contributed by atoms with van der Waals surface area (Å²) in [6, 6.07) is 5.72. The third-order valence-electron chi connectivity index (χ3n) is 2.33. The molecule has 1 N–H and O–H groups in total. The van der Waals surface area contributed by atoms with E-state index in [1.807, 2.05) is 13.8 Å². The highest BCUT2D eigenvalue weighted by Gasteiger charge is 2.08. The number of carboxylic acid groups (broad SMARTS) is 1. The molecule has 78 valence electrons. The van der Waals surface area contributed by atoms with E-state index in [9.17, 15) is 4.79 Å². The molecule has 0 saturated heterocycles. The van der Waals surface area contributed by atoms with Crippen molar-refractivity contribution in [3.8, 4) is 6.07 Å². The first-order valence-corrected chi connectivity index (χ1v) is 4.82. The molecule has 0 spiro atoms. The fourth-order valence-corrected chi connectivity index (χ4v) is 1.66. The Labute approximate surface area is 89.0 Å². The predicted molar refractivity (Wildman–Crippen MR) is 56.6 cm³/mol. The van der Waals surface area contributed by atoms with Crippen LogP contribution in [0.4, 0.5) is 0 Å². The molecule has 15 heavy (non-hydrogen) atoms. The Morgan fingerprint density at radius 1 is 1.53 bits per heavy atom. The monoisotopic (exact) mass is 203 g/mol. The van der Waals surface area contributed by atoms with Gasteiger partial charge < -0.3 is 5.11 Å². The molecule has 0 bridgehead atoms. The molecule has 0 aromatic heterocycles. The number of carbonyl (C=O) groups is 1. The second-order valence-electron chi connectivity index (χ2n) is 3.48. The number of aryl methyl sites for hydroxylation is 2. The highest BCUT2D eigenvalue weighted by atomic mass is 16.4. The molecule has 0 amide bonds. The third kappa shape index (κ3) is 2.57. The summed E-state index contributed by atoms with van der Waals surface area (Å²) in [7, 11) is 0. The smallest absolute Gasteiger partial charge is 0.307 e. The molecule has 0 aliphatic carbocycles. The quantitative estimate of drug-likeness (QED) is 0.817. The van der Waals surface area contributed by atoms with Gasteiger partial charge in [0.15, 0.2) is 0 Å². The summed E-state index contributed by atoms with van der Waals surface area (Å²) in [6.45, 7) is 3.79. The Bertz CT molecular complexity index is 430. The molecular weight excluding hydrogens is 190 g/mol. The third-order valence-corrected chi connectivity index (χ3v) is 2.33. The van der Waals surface area contributed by atoms with Crippen LogP contribution in [-0.2, 0) is 17.6 Å². The molecule has 0 unspecified atom stereocenters. The lowest BCUT2D eigenvalue weighted by Crippen LogP contribution is -2.02. The lowest BCUT2D eigenvalue weighted by molar-refractivity contribution is -0.136. The molecule has 0 fully saturated rings. The van der Waals surface area contributed by atoms with Crippen LogP contribution in [0.25, 0.3) is 0 Å². The average Bonchev–Trinajstić information content (AvgIpc) is 2.15. The van der Waals surface area contributed by atoms with Crippen LogP contribution in [0.1, 0.15) is 29.2 Å². The van der Waals surface area contributed by atoms with Gasteiger partial charge in [-0.3, -0.25) is 4.79 Å². The number of nitriles is 1. The van der Waals surface area contributed by atoms with Crippen LogP contribution in [0.15, 0.2) is 12.1 Å². The van der Waals surface area contributed by atoms with Crippen molar-refractivity contribution in [3.05, 3.63) is 34.4 Å². The molecule has 0 radical (unpaired) electrons. The molecule has 1 aromatic rings. The van der Waals surface area contributed by atoms with Crippen LogP contribution in [0.2, 0.25) is 0 Å². The standard InChI is InChI=1S/C12H13NO2/c1-3-10-5-9(6-12(14)15)4-8(2)11(10)7-13/h4-5H,3,6H2,1-2H3,(H,14,15). The number of nitrogens with zero attached hydrogens (tertiary/aromatic N) is 1. The Kier molecular flexibility index (Phi) is 3.46. The first-order chi connectivity index (χ1) is 7.08. The van der Waals surface area contributed by atoms with Gasteiger partial charge >= 0.3 is 5.97 Å². The Morgan fingerprint density at radius 3 is 2.67 bits per heavy atom. The lowest BCUT2D eigenvalue weighted by Gasteiger charge is -2.07. The normalized spacial score (nSPS) is 9.67. The predicted octanol–water partition coefficient (Wildman–Crippen LogP) is 2.06. The summed E-state index contributed by atoms with van der Waals surface area (Å²) in [5, 5.41) is 17.6. The maximum atomic E-state index is 10.6. The Balaban J connectivity index is 3.21. The highest BCUT2D eigenvalue weighted by Crippen LogP contribution is 2.17. The summed E-state index contributed by atoms with van der Waals surface area (Å²) in [5.41, 5.74) is 3.21. The van der Waals surface area contributed by atoms with Crippen LogP contribution in [-0.4, -0.2) is 11.1 Å². The van der Waals surface area contributed by atoms with Crippen LogP contribution in [0.3, 0.4) is 0 Å². The van der Waals surface area contributed by atoms with Gasteiger partial charge in [0.05, 0.1) is 18.1 Å². The summed E-state index contributed by atoms with van der Waals surface area (Å²) in [5.74, 6) is -0.846. The maximum absolute atomic E-state index is 10.6. The van der Waals surface area contributed by atoms with Gasteiger partial charge in [0, 0.05) is 0 Å². The molecule has 0 aliphatic rings. The second-order valence-corrected chi connectivity index (χ2v) is 3.48. The van der Waals surface area contributed by atoms with E-state index >= 15 is 0 Å². The lowest BCUT2D eigenvalue weighted by atomic mass is 9.96. The van der Waals surface area contributed by atoms with E-state index in [2.05, 4.69) is 6.07 Å². The van der Waals surface area contributed by atoms with Crippen LogP contribution in [0.5, 0.6) is 0 Å². The SMILES string of the molecule is CCc1cc(CC(=O)O)cc(C)c1C#N. The zero-order valence-electron chi connectivity index (χ0n) is 8.87. The van der Waals surface area contributed by atoms with E-state index < -0.39 is 5.97 Å². The van der Waals surface area contributed by atoms with Gasteiger partial charge in [-0.2, -0.15) is 5.26 Å². The summed E-state index contributed by atoms with van der Waals surface area (Å²) < 4.78 is 0. The zero-order valence-corrected chi connectivity index (χ0v) is 8.87. The largest absolute Gasteiger partial charge is 0.481 e. The van der Waals surface area contributed by atoms with Crippen molar-refractivity contribution < 1.29 is 9.90 Å². The van der Waals surface area contributed by atoms with Gasteiger partial charge in [-0.05, 0) is 30.0 Å². The molecule has 0 aliphatic heterocycles. The van der Waals surface area contributed by atoms with Gasteiger partial charge in [-0.25, -0.2) is 0 Å². The molecule has 1 rings (SSSR count). The van der Waals surface area contributed by atoms with E-state index in [1.165, 1.54) is 0 Å². The number of aliphatic carboxylic acids is 1. The first kappa shape index (κ1) is 11.3. The minimum atomic E-state index is -0.846. The van der Waals surface area contributed by atoms with E-state index in [4.69, 9.17) is 10.4 Å². The molecule has 0 heterocycles. The Hall–Kier alpha value is -1.82. The van der Waals surface area contributed by atoms with Crippen molar-refractivity contribution in [1.29, 1.82) is 5.26 Å². The number of benzene rings is 1. The minimum Gasteiger partial charge on any atom is -0.481 e. The van der Waals surface area contributed by atoms with E-state index in [0.29, 0.717) is 5.56 Å². The highest BCUT2D eigenvalue weighted by molar-refractivity contribution is 5.70. The molecule has 0 atom stereocenters. The van der Waals surface area contributed by atoms with E-state index in [1.54, 1.807) is 12.1 Å². The topological polar surface area (TPSA) is 61.1 Å². The molecular formula is C12H13NO2. The van der Waals surface area contributed by atoms with Crippen LogP contribution >= 0.6 is 0 Å². The fourth-order valence-electron chi connectivity index (χ4n) is 1.66. The molecule has 0 saturated carbocycles. The van der Waals surface area contributed by atoms with Crippen molar-refractivity contribution in [3.63, 3.8) is 0 Å². The Morgan fingerprint density at radius 2 is 2.20 bits per heavy atom. The number of carboxylic acids is 1. The molecule has 3 heteroatoms. The summed E-state index contributed by atoms with van der Waals surface area (Å²) >= 11 is 0. The summed E-state index contributed by atoms with van der Waals surface area (Å²) in [6.07, 6.45) is 0.761. The van der Waals surface area contributed by atoms with Crippen LogP contribution in [0, 0.1) is 18.3 Å². The van der Waals surface area contributed by atoms with Crippen molar-refractivity contribution in [2.75, 3.05) is 0 Å². The minimum absolute atomic E-state index is 0.0134. The van der Waals surface area contributed by atoms with Gasteiger partial charge in [-0.15, -0.1) is 0 Å². The first-order valence-electron chi connectivity index (χ1n) is 4.82. The van der Waals surface area contributed by atoms with Crippen LogP contribution < -0.4 is 0 Å². The molecule has 3 nitrogen and oxygen atoms in total. The second kappa shape index (κ2) is 4.61. The van der Waals surface area contributed by atoms with Gasteiger partial charge in [0.1, 0.15) is 0 Å². The summed E-state index contributed by atoms with van der Waals surface area (Å²) in [4.78, 5) is 10.6. The van der Waals surface area contributed by atoms with E-state index in [-0.39, 0.29) is 6.42 Å². The number of hydrogen-bond acceptors (Lipinski definition) is 2. The maximum Gasteiger partial charge on any atom is 0.307 e. The van der Waals surface area contributed by atoms with Gasteiger partial charge in [-0.1, -0.05) is 19.1 Å². The molecule has 1 aromatic carbocycles. The average molecular weight is 203 g/mol. The van der Waals surface area contributed by atoms with Gasteiger partial charge in [0.2, 0.25) is 0 Å². The van der Waals surface area contributed by atoms with Gasteiger partial charge in [0.25, 0.3) is 0 Å².